The molecule has 122 valence electrons. The number of benzene rings is 1. The molecule has 3 aliphatic rings. The number of amides is 1. The molecule has 1 aromatic rings. The van der Waals surface area contributed by atoms with E-state index in [1.807, 2.05) is 0 Å². The first-order valence-corrected chi connectivity index (χ1v) is 8.44. The number of piperidine rings is 1. The molecule has 1 saturated carbocycles. The zero-order valence-electron chi connectivity index (χ0n) is 13.0. The Hall–Kier alpha value is -1.95. The van der Waals surface area contributed by atoms with E-state index in [9.17, 15) is 14.9 Å². The Morgan fingerprint density at radius 3 is 2.13 bits per heavy atom. The van der Waals surface area contributed by atoms with Crippen LogP contribution in [0.4, 0.5) is 5.69 Å². The summed E-state index contributed by atoms with van der Waals surface area (Å²) in [5, 5.41) is 13.8. The second-order valence-electron chi connectivity index (χ2n) is 7.01. The summed E-state index contributed by atoms with van der Waals surface area (Å²) in [4.78, 5) is 25.3. The summed E-state index contributed by atoms with van der Waals surface area (Å²) in [5.41, 5.74) is 0.505. The molecule has 2 saturated heterocycles. The van der Waals surface area contributed by atoms with Crippen molar-refractivity contribution < 1.29 is 9.72 Å². The summed E-state index contributed by atoms with van der Waals surface area (Å²) in [5.74, 6) is -0.121. The van der Waals surface area contributed by atoms with Crippen LogP contribution in [0.2, 0.25) is 0 Å². The lowest BCUT2D eigenvalue weighted by Crippen LogP contribution is -2.51. The highest BCUT2D eigenvalue weighted by molar-refractivity contribution is 5.94. The van der Waals surface area contributed by atoms with Crippen LogP contribution >= 0.6 is 0 Å². The van der Waals surface area contributed by atoms with Crippen molar-refractivity contribution in [2.45, 2.75) is 62.7 Å². The van der Waals surface area contributed by atoms with Crippen molar-refractivity contribution in [2.75, 3.05) is 0 Å². The number of rotatable bonds is 4. The molecular weight excluding hydrogens is 294 g/mol. The highest BCUT2D eigenvalue weighted by Gasteiger charge is 2.47. The van der Waals surface area contributed by atoms with Crippen molar-refractivity contribution in [3.63, 3.8) is 0 Å². The smallest absolute Gasteiger partial charge is 0.269 e. The normalized spacial score (nSPS) is 30.2. The predicted molar refractivity (Wildman–Crippen MR) is 85.3 cm³/mol. The van der Waals surface area contributed by atoms with Gasteiger partial charge in [-0.1, -0.05) is 0 Å². The second kappa shape index (κ2) is 5.60. The predicted octanol–water partition coefficient (Wildman–Crippen LogP) is 2.48. The Morgan fingerprint density at radius 2 is 1.61 bits per heavy atom. The van der Waals surface area contributed by atoms with E-state index in [2.05, 4.69) is 10.2 Å². The van der Waals surface area contributed by atoms with Gasteiger partial charge >= 0.3 is 0 Å². The molecular formula is C17H21N3O3. The molecule has 1 unspecified atom stereocenters. The molecule has 1 N–H and O–H groups in total. The first kappa shape index (κ1) is 14.6. The van der Waals surface area contributed by atoms with Gasteiger partial charge in [0.2, 0.25) is 0 Å². The van der Waals surface area contributed by atoms with Crippen molar-refractivity contribution in [2.24, 2.45) is 0 Å². The lowest BCUT2D eigenvalue weighted by Gasteiger charge is -2.39. The van der Waals surface area contributed by atoms with Crippen molar-refractivity contribution in [3.05, 3.63) is 39.9 Å². The number of carbonyl (C=O) groups is 1. The highest BCUT2D eigenvalue weighted by Crippen LogP contribution is 2.43. The minimum atomic E-state index is -0.451. The molecule has 2 bridgehead atoms. The minimum absolute atomic E-state index is 0.0114. The summed E-state index contributed by atoms with van der Waals surface area (Å²) in [6.07, 6.45) is 7.26. The average Bonchev–Trinajstić information content (AvgIpc) is 3.34. The van der Waals surface area contributed by atoms with Crippen molar-refractivity contribution in [3.8, 4) is 0 Å². The monoisotopic (exact) mass is 315 g/mol. The van der Waals surface area contributed by atoms with E-state index in [0.29, 0.717) is 17.6 Å². The lowest BCUT2D eigenvalue weighted by molar-refractivity contribution is -0.384. The maximum atomic E-state index is 12.4. The molecule has 1 aromatic carbocycles. The van der Waals surface area contributed by atoms with E-state index in [1.165, 1.54) is 49.9 Å². The van der Waals surface area contributed by atoms with Crippen LogP contribution in [0.15, 0.2) is 24.3 Å². The maximum absolute atomic E-state index is 12.4. The van der Waals surface area contributed by atoms with Gasteiger partial charge in [0.15, 0.2) is 0 Å². The third-order valence-corrected chi connectivity index (χ3v) is 5.43. The number of nitro groups is 1. The SMILES string of the molecule is O=C(NC1C[C@H]2CC[C@@H](C1)N2C1CC1)c1ccc([N+](=O)[O-])cc1. The number of fused-ring (bicyclic) bond motifs is 2. The van der Waals surface area contributed by atoms with Crippen LogP contribution in [0.1, 0.15) is 48.9 Å². The highest BCUT2D eigenvalue weighted by atomic mass is 16.6. The van der Waals surface area contributed by atoms with E-state index in [1.54, 1.807) is 0 Å². The van der Waals surface area contributed by atoms with Gasteiger partial charge in [-0.25, -0.2) is 0 Å². The summed E-state index contributed by atoms with van der Waals surface area (Å²) in [6.45, 7) is 0. The number of nitrogens with one attached hydrogen (secondary N) is 1. The van der Waals surface area contributed by atoms with Crippen LogP contribution in [-0.4, -0.2) is 39.9 Å². The van der Waals surface area contributed by atoms with Crippen LogP contribution in [-0.2, 0) is 0 Å². The molecule has 6 heteroatoms. The molecule has 3 atom stereocenters. The molecule has 0 radical (unpaired) electrons. The van der Waals surface area contributed by atoms with Gasteiger partial charge in [-0.15, -0.1) is 0 Å². The Morgan fingerprint density at radius 1 is 1.04 bits per heavy atom. The first-order chi connectivity index (χ1) is 11.1. The average molecular weight is 315 g/mol. The molecule has 1 amide bonds. The van der Waals surface area contributed by atoms with Gasteiger partial charge < -0.3 is 5.32 Å². The van der Waals surface area contributed by atoms with E-state index < -0.39 is 4.92 Å². The topological polar surface area (TPSA) is 75.5 Å². The molecule has 0 aromatic heterocycles. The molecule has 6 nitrogen and oxygen atoms in total. The standard InChI is InChI=1S/C17H21N3O3/c21-17(11-1-3-14(4-2-11)20(22)23)18-12-9-15-7-8-16(10-12)19(15)13-5-6-13/h1-4,12-13,15-16H,5-10H2,(H,18,21)/t12?,15-,16+. The molecule has 1 aliphatic carbocycles. The first-order valence-electron chi connectivity index (χ1n) is 8.44. The van der Waals surface area contributed by atoms with Crippen LogP contribution < -0.4 is 5.32 Å². The number of nitrogens with zero attached hydrogens (tertiary/aromatic N) is 2. The van der Waals surface area contributed by atoms with Crippen LogP contribution in [0.3, 0.4) is 0 Å². The molecule has 2 aliphatic heterocycles. The Bertz CT molecular complexity index is 612. The van der Waals surface area contributed by atoms with Gasteiger partial charge in [-0.2, -0.15) is 0 Å². The summed E-state index contributed by atoms with van der Waals surface area (Å²) < 4.78 is 0. The van der Waals surface area contributed by atoms with Gasteiger partial charge in [0.25, 0.3) is 11.6 Å². The molecule has 0 spiro atoms. The summed E-state index contributed by atoms with van der Waals surface area (Å²) in [6, 6.07) is 8.11. The van der Waals surface area contributed by atoms with Crippen LogP contribution in [0.5, 0.6) is 0 Å². The zero-order valence-corrected chi connectivity index (χ0v) is 13.0. The van der Waals surface area contributed by atoms with Crippen LogP contribution in [0, 0.1) is 10.1 Å². The van der Waals surface area contributed by atoms with Crippen molar-refractivity contribution >= 4 is 11.6 Å². The van der Waals surface area contributed by atoms with Crippen molar-refractivity contribution in [1.29, 1.82) is 0 Å². The second-order valence-corrected chi connectivity index (χ2v) is 7.01. The zero-order chi connectivity index (χ0) is 16.0. The third kappa shape index (κ3) is 2.83. The Kier molecular flexibility index (Phi) is 3.56. The number of hydrogen-bond donors (Lipinski definition) is 1. The van der Waals surface area contributed by atoms with Crippen molar-refractivity contribution in [1.82, 2.24) is 10.2 Å². The van der Waals surface area contributed by atoms with Gasteiger partial charge in [-0.3, -0.25) is 19.8 Å². The number of nitro benzene ring substituents is 1. The van der Waals surface area contributed by atoms with Gasteiger partial charge in [0, 0.05) is 41.9 Å². The largest absolute Gasteiger partial charge is 0.349 e. The molecule has 4 rings (SSSR count). The quantitative estimate of drug-likeness (QED) is 0.684. The molecule has 2 heterocycles. The van der Waals surface area contributed by atoms with E-state index in [0.717, 1.165) is 18.9 Å². The Labute approximate surface area is 135 Å². The van der Waals surface area contributed by atoms with E-state index in [-0.39, 0.29) is 17.6 Å². The summed E-state index contributed by atoms with van der Waals surface area (Å²) in [7, 11) is 0. The Balaban J connectivity index is 1.38. The van der Waals surface area contributed by atoms with Gasteiger partial charge in [0.1, 0.15) is 0 Å². The summed E-state index contributed by atoms with van der Waals surface area (Å²) >= 11 is 0. The van der Waals surface area contributed by atoms with Crippen LogP contribution in [0.25, 0.3) is 0 Å². The van der Waals surface area contributed by atoms with E-state index >= 15 is 0 Å². The van der Waals surface area contributed by atoms with Gasteiger partial charge in [0.05, 0.1) is 4.92 Å². The molecule has 23 heavy (non-hydrogen) atoms. The fourth-order valence-electron chi connectivity index (χ4n) is 4.30. The number of carbonyl (C=O) groups excluding carboxylic acids is 1. The molecule has 3 fully saturated rings. The number of non-ortho nitro benzene ring substituents is 1. The maximum Gasteiger partial charge on any atom is 0.269 e. The fraction of sp³-hybridized carbons (Fsp3) is 0.588. The number of hydrogen-bond acceptors (Lipinski definition) is 4. The minimum Gasteiger partial charge on any atom is -0.349 e. The van der Waals surface area contributed by atoms with Gasteiger partial charge in [-0.05, 0) is 50.7 Å². The lowest BCUT2D eigenvalue weighted by atomic mass is 9.96. The fourth-order valence-corrected chi connectivity index (χ4v) is 4.30. The van der Waals surface area contributed by atoms with E-state index in [4.69, 9.17) is 0 Å². The third-order valence-electron chi connectivity index (χ3n) is 5.43.